The molecule has 2 aromatic rings. The predicted octanol–water partition coefficient (Wildman–Crippen LogP) is 4.26. The third-order valence-electron chi connectivity index (χ3n) is 4.85. The number of carbonyl (C=O) groups is 2. The lowest BCUT2D eigenvalue weighted by molar-refractivity contribution is -0.133. The summed E-state index contributed by atoms with van der Waals surface area (Å²) in [5.74, 6) is -0.837. The van der Waals surface area contributed by atoms with Gasteiger partial charge in [0.1, 0.15) is 6.10 Å². The van der Waals surface area contributed by atoms with Gasteiger partial charge in [-0.1, -0.05) is 60.2 Å². The average Bonchev–Trinajstić information content (AvgIpc) is 2.94. The fraction of sp³-hybridized carbons (Fsp3) is 0.304. The molecule has 27 heavy (non-hydrogen) atoms. The molecule has 0 radical (unpaired) electrons. The first-order valence-corrected chi connectivity index (χ1v) is 9.18. The van der Waals surface area contributed by atoms with Gasteiger partial charge < -0.3 is 9.64 Å². The van der Waals surface area contributed by atoms with Crippen LogP contribution in [-0.2, 0) is 9.53 Å². The number of hydrogen-bond donors (Lipinski definition) is 0. The van der Waals surface area contributed by atoms with Gasteiger partial charge in [0.05, 0.1) is 11.5 Å². The van der Waals surface area contributed by atoms with Gasteiger partial charge in [-0.05, 0) is 31.5 Å². The zero-order chi connectivity index (χ0) is 19.4. The van der Waals surface area contributed by atoms with Crippen molar-refractivity contribution in [3.63, 3.8) is 0 Å². The summed E-state index contributed by atoms with van der Waals surface area (Å²) in [5, 5.41) is 0. The van der Waals surface area contributed by atoms with Crippen LogP contribution in [0.25, 0.3) is 0 Å². The zero-order valence-electron chi connectivity index (χ0n) is 16.0. The van der Waals surface area contributed by atoms with E-state index >= 15 is 0 Å². The number of carbonyl (C=O) groups excluding carboxylic acids is 2. The lowest BCUT2D eigenvalue weighted by Gasteiger charge is -2.26. The third kappa shape index (κ3) is 4.27. The highest BCUT2D eigenvalue weighted by molar-refractivity contribution is 5.90. The van der Waals surface area contributed by atoms with Crippen LogP contribution in [0.3, 0.4) is 0 Å². The molecule has 0 bridgehead atoms. The Morgan fingerprint density at radius 1 is 1.07 bits per heavy atom. The molecule has 1 heterocycles. The second kappa shape index (κ2) is 8.21. The smallest absolute Gasteiger partial charge is 0.338 e. The first kappa shape index (κ1) is 18.9. The van der Waals surface area contributed by atoms with Gasteiger partial charge in [-0.2, -0.15) is 0 Å². The van der Waals surface area contributed by atoms with E-state index in [4.69, 9.17) is 4.74 Å². The Bertz CT molecular complexity index is 825. The van der Waals surface area contributed by atoms with Crippen LogP contribution < -0.4 is 0 Å². The lowest BCUT2D eigenvalue weighted by Crippen LogP contribution is -2.30. The molecule has 0 aromatic heterocycles. The molecule has 3 atom stereocenters. The van der Waals surface area contributed by atoms with Gasteiger partial charge >= 0.3 is 5.97 Å². The zero-order valence-corrected chi connectivity index (χ0v) is 16.0. The van der Waals surface area contributed by atoms with Crippen molar-refractivity contribution in [3.8, 4) is 0 Å². The van der Waals surface area contributed by atoms with Crippen molar-refractivity contribution in [2.75, 3.05) is 13.6 Å². The van der Waals surface area contributed by atoms with Gasteiger partial charge in [0.2, 0.25) is 5.91 Å². The van der Waals surface area contributed by atoms with E-state index in [1.807, 2.05) is 50.2 Å². The van der Waals surface area contributed by atoms with Crippen molar-refractivity contribution in [3.05, 3.63) is 83.4 Å². The molecule has 4 nitrogen and oxygen atoms in total. The first-order valence-electron chi connectivity index (χ1n) is 9.18. The number of allylic oxidation sites excluding steroid dienone is 1. The van der Waals surface area contributed by atoms with Crippen LogP contribution in [0.15, 0.2) is 72.3 Å². The molecule has 1 fully saturated rings. The lowest BCUT2D eigenvalue weighted by atomic mass is 9.85. The largest absolute Gasteiger partial charge is 0.453 e. The summed E-state index contributed by atoms with van der Waals surface area (Å²) in [5.41, 5.74) is 2.47. The summed E-state index contributed by atoms with van der Waals surface area (Å²) in [7, 11) is 1.80. The van der Waals surface area contributed by atoms with Crippen LogP contribution >= 0.6 is 0 Å². The maximum atomic E-state index is 12.9. The summed E-state index contributed by atoms with van der Waals surface area (Å²) in [6.07, 6.45) is 1.48. The van der Waals surface area contributed by atoms with Crippen LogP contribution in [0, 0.1) is 11.8 Å². The van der Waals surface area contributed by atoms with Crippen LogP contribution in [0.2, 0.25) is 0 Å². The number of benzene rings is 2. The minimum absolute atomic E-state index is 0.00118. The van der Waals surface area contributed by atoms with Crippen LogP contribution in [-0.4, -0.2) is 30.4 Å². The summed E-state index contributed by atoms with van der Waals surface area (Å²) in [6.45, 7) is 4.67. The molecular formula is C23H25NO3. The van der Waals surface area contributed by atoms with E-state index in [2.05, 4.69) is 6.08 Å². The Kier molecular flexibility index (Phi) is 5.75. The van der Waals surface area contributed by atoms with E-state index in [-0.39, 0.29) is 11.8 Å². The molecule has 2 aromatic carbocycles. The monoisotopic (exact) mass is 363 g/mol. The molecule has 0 spiro atoms. The standard InChI is InChI=1S/C23H25NO3/c1-16(2)14-19-15-24(3)22(25)20(19)21(17-10-6-4-7-11-17)27-23(26)18-12-8-5-9-13-18/h4-14,19-21H,15H2,1-3H3/t19-,20-,21-/m1/s1. The average molecular weight is 363 g/mol. The van der Waals surface area contributed by atoms with Crippen LogP contribution in [0.1, 0.15) is 35.9 Å². The van der Waals surface area contributed by atoms with E-state index in [0.29, 0.717) is 12.1 Å². The van der Waals surface area contributed by atoms with E-state index in [0.717, 1.165) is 11.1 Å². The summed E-state index contributed by atoms with van der Waals surface area (Å²) < 4.78 is 5.92. The molecular weight excluding hydrogens is 338 g/mol. The number of ether oxygens (including phenoxy) is 1. The second-order valence-electron chi connectivity index (χ2n) is 7.26. The van der Waals surface area contributed by atoms with Gasteiger partial charge in [0.15, 0.2) is 0 Å². The maximum Gasteiger partial charge on any atom is 0.338 e. The van der Waals surface area contributed by atoms with Gasteiger partial charge in [0.25, 0.3) is 0 Å². The Morgan fingerprint density at radius 3 is 2.26 bits per heavy atom. The molecule has 1 aliphatic heterocycles. The summed E-state index contributed by atoms with van der Waals surface area (Å²) >= 11 is 0. The SMILES string of the molecule is CC(C)=C[C@@H]1CN(C)C(=O)[C@H]1[C@H](OC(=O)c1ccccc1)c1ccccc1. The minimum Gasteiger partial charge on any atom is -0.453 e. The van der Waals surface area contributed by atoms with Crippen molar-refractivity contribution in [1.82, 2.24) is 4.90 Å². The van der Waals surface area contributed by atoms with Crippen LogP contribution in [0.5, 0.6) is 0 Å². The van der Waals surface area contributed by atoms with Crippen molar-refractivity contribution in [1.29, 1.82) is 0 Å². The molecule has 140 valence electrons. The first-order chi connectivity index (χ1) is 13.0. The normalized spacial score (nSPS) is 20.3. The molecule has 4 heteroatoms. The molecule has 0 saturated carbocycles. The highest BCUT2D eigenvalue weighted by Gasteiger charge is 2.45. The Labute approximate surface area is 160 Å². The Morgan fingerprint density at radius 2 is 1.67 bits per heavy atom. The van der Waals surface area contributed by atoms with Crippen molar-refractivity contribution in [2.45, 2.75) is 20.0 Å². The van der Waals surface area contributed by atoms with E-state index in [9.17, 15) is 9.59 Å². The molecule has 0 aliphatic carbocycles. The number of amides is 1. The topological polar surface area (TPSA) is 46.6 Å². The highest BCUT2D eigenvalue weighted by atomic mass is 16.5. The van der Waals surface area contributed by atoms with Crippen LogP contribution in [0.4, 0.5) is 0 Å². The molecule has 1 amide bonds. The van der Waals surface area contributed by atoms with Crippen molar-refractivity contribution in [2.24, 2.45) is 11.8 Å². The second-order valence-corrected chi connectivity index (χ2v) is 7.26. The molecule has 1 saturated heterocycles. The predicted molar refractivity (Wildman–Crippen MR) is 105 cm³/mol. The maximum absolute atomic E-state index is 12.9. The van der Waals surface area contributed by atoms with Crippen molar-refractivity contribution >= 4 is 11.9 Å². The van der Waals surface area contributed by atoms with Gasteiger partial charge in [-0.25, -0.2) is 4.79 Å². The Balaban J connectivity index is 1.98. The van der Waals surface area contributed by atoms with Gasteiger partial charge in [-0.3, -0.25) is 4.79 Å². The molecule has 0 N–H and O–H groups in total. The third-order valence-corrected chi connectivity index (χ3v) is 4.85. The number of nitrogens with zero attached hydrogens (tertiary/aromatic N) is 1. The summed E-state index contributed by atoms with van der Waals surface area (Å²) in [6, 6.07) is 18.4. The number of hydrogen-bond acceptors (Lipinski definition) is 3. The van der Waals surface area contributed by atoms with E-state index < -0.39 is 18.0 Å². The molecule has 1 aliphatic rings. The molecule has 0 unspecified atom stereocenters. The fourth-order valence-electron chi connectivity index (χ4n) is 3.64. The van der Waals surface area contributed by atoms with E-state index in [1.54, 1.807) is 36.2 Å². The highest BCUT2D eigenvalue weighted by Crippen LogP contribution is 2.39. The fourth-order valence-corrected chi connectivity index (χ4v) is 3.64. The number of esters is 1. The quantitative estimate of drug-likeness (QED) is 0.589. The van der Waals surface area contributed by atoms with Gasteiger partial charge in [-0.15, -0.1) is 0 Å². The van der Waals surface area contributed by atoms with Crippen molar-refractivity contribution < 1.29 is 14.3 Å². The Hall–Kier alpha value is -2.88. The minimum atomic E-state index is -0.628. The number of rotatable bonds is 5. The molecule has 3 rings (SSSR count). The summed E-state index contributed by atoms with van der Waals surface area (Å²) in [4.78, 5) is 27.4. The number of likely N-dealkylation sites (tertiary alicyclic amines) is 1. The van der Waals surface area contributed by atoms with Gasteiger partial charge in [0, 0.05) is 19.5 Å². The van der Waals surface area contributed by atoms with E-state index in [1.165, 1.54) is 0 Å².